The molecular formula is C20H28NO7P. The fourth-order valence-corrected chi connectivity index (χ4v) is 5.26. The fraction of sp³-hybridized carbons (Fsp3) is 0.550. The van der Waals surface area contributed by atoms with Crippen LogP contribution in [0.5, 0.6) is 0 Å². The first-order chi connectivity index (χ1) is 13.9. The quantitative estimate of drug-likeness (QED) is 0.218. The van der Waals surface area contributed by atoms with Crippen molar-refractivity contribution in [3.8, 4) is 0 Å². The second-order valence-corrected chi connectivity index (χ2v) is 8.67. The molecule has 2 amide bonds. The third kappa shape index (κ3) is 5.32. The number of unbranched alkanes of at least 4 members (excludes halogenated alkanes) is 1. The second-order valence-electron chi connectivity index (χ2n) is 6.45. The Balaban J connectivity index is 2.00. The number of ether oxygens (including phenoxy) is 1. The van der Waals surface area contributed by atoms with Crippen LogP contribution >= 0.6 is 7.60 Å². The van der Waals surface area contributed by atoms with Crippen LogP contribution in [0.4, 0.5) is 0 Å². The van der Waals surface area contributed by atoms with Crippen molar-refractivity contribution in [1.82, 2.24) is 4.90 Å². The van der Waals surface area contributed by atoms with E-state index in [2.05, 4.69) is 0 Å². The smallest absolute Gasteiger partial charge is 0.344 e. The van der Waals surface area contributed by atoms with Crippen molar-refractivity contribution in [2.45, 2.75) is 45.7 Å². The first-order valence-electron chi connectivity index (χ1n) is 9.90. The number of carbonyl (C=O) groups is 3. The van der Waals surface area contributed by atoms with Gasteiger partial charge in [-0.3, -0.25) is 23.8 Å². The van der Waals surface area contributed by atoms with Crippen molar-refractivity contribution < 1.29 is 32.7 Å². The second kappa shape index (κ2) is 10.7. The van der Waals surface area contributed by atoms with Gasteiger partial charge < -0.3 is 13.8 Å². The Bertz CT molecular complexity index is 750. The molecule has 2 rings (SSSR count). The molecular weight excluding hydrogens is 397 g/mol. The molecule has 0 radical (unpaired) electrons. The summed E-state index contributed by atoms with van der Waals surface area (Å²) in [6, 6.07) is 6.70. The number of carbonyl (C=O) groups excluding carboxylic acids is 3. The normalized spacial score (nSPS) is 14.8. The van der Waals surface area contributed by atoms with E-state index in [1.165, 1.54) is 4.90 Å². The van der Waals surface area contributed by atoms with Gasteiger partial charge in [-0.25, -0.2) is 0 Å². The number of benzene rings is 1. The predicted octanol–water partition coefficient (Wildman–Crippen LogP) is 3.65. The average Bonchev–Trinajstić information content (AvgIpc) is 2.93. The lowest BCUT2D eigenvalue weighted by atomic mass is 10.1. The summed E-state index contributed by atoms with van der Waals surface area (Å²) in [6.45, 7) is 5.68. The van der Waals surface area contributed by atoms with Crippen LogP contribution in [0.1, 0.15) is 60.7 Å². The highest BCUT2D eigenvalue weighted by atomic mass is 31.2. The van der Waals surface area contributed by atoms with Crippen LogP contribution in [-0.2, 0) is 23.1 Å². The molecule has 9 heteroatoms. The molecule has 1 heterocycles. The molecule has 1 aromatic rings. The van der Waals surface area contributed by atoms with E-state index in [9.17, 15) is 18.9 Å². The summed E-state index contributed by atoms with van der Waals surface area (Å²) in [7, 11) is -3.67. The summed E-state index contributed by atoms with van der Waals surface area (Å²) >= 11 is 0. The molecule has 1 aliphatic rings. The monoisotopic (exact) mass is 425 g/mol. The molecule has 1 aromatic carbocycles. The molecule has 0 fully saturated rings. The van der Waals surface area contributed by atoms with Crippen LogP contribution in [0, 0.1) is 0 Å². The number of amides is 2. The van der Waals surface area contributed by atoms with Crippen molar-refractivity contribution in [1.29, 1.82) is 0 Å². The standard InChI is InChI=1S/C20H28NO7P/c1-4-26-20(24)17(29(25,27-5-2)28-6-3)13-9-10-14-21-18(22)15-11-7-8-12-16(15)19(21)23/h7-8,11-12,17H,4-6,9-10,13-14H2,1-3H3. The minimum absolute atomic E-state index is 0.141. The highest BCUT2D eigenvalue weighted by molar-refractivity contribution is 7.55. The van der Waals surface area contributed by atoms with Crippen molar-refractivity contribution >= 4 is 25.4 Å². The zero-order chi connectivity index (χ0) is 21.4. The van der Waals surface area contributed by atoms with Gasteiger partial charge in [-0.1, -0.05) is 18.6 Å². The molecule has 0 aliphatic carbocycles. The summed E-state index contributed by atoms with van der Waals surface area (Å²) in [5.74, 6) is -1.26. The minimum atomic E-state index is -3.67. The molecule has 160 valence electrons. The van der Waals surface area contributed by atoms with Gasteiger partial charge in [0.15, 0.2) is 5.66 Å². The molecule has 0 saturated carbocycles. The molecule has 0 saturated heterocycles. The first-order valence-corrected chi connectivity index (χ1v) is 11.5. The van der Waals surface area contributed by atoms with Crippen molar-refractivity contribution in [2.75, 3.05) is 26.4 Å². The summed E-state index contributed by atoms with van der Waals surface area (Å²) in [4.78, 5) is 38.4. The molecule has 0 aromatic heterocycles. The SMILES string of the molecule is CCOC(=O)C(CCCCN1C(=O)c2ccccc2C1=O)P(=O)(OCC)OCC. The Labute approximate surface area is 171 Å². The Hall–Kier alpha value is -2.02. The Morgan fingerprint density at radius 3 is 2.00 bits per heavy atom. The molecule has 8 nitrogen and oxygen atoms in total. The maximum atomic E-state index is 13.1. The van der Waals surface area contributed by atoms with Crippen molar-refractivity contribution in [3.05, 3.63) is 35.4 Å². The van der Waals surface area contributed by atoms with Crippen molar-refractivity contribution in [2.24, 2.45) is 0 Å². The lowest BCUT2D eigenvalue weighted by Crippen LogP contribution is -2.31. The average molecular weight is 425 g/mol. The van der Waals surface area contributed by atoms with Gasteiger partial charge in [0, 0.05) is 6.54 Å². The highest BCUT2D eigenvalue weighted by Crippen LogP contribution is 2.55. The van der Waals surface area contributed by atoms with Gasteiger partial charge in [0.25, 0.3) is 11.8 Å². The maximum absolute atomic E-state index is 13.1. The van der Waals surface area contributed by atoms with Gasteiger partial charge in [0.05, 0.1) is 30.9 Å². The van der Waals surface area contributed by atoms with E-state index in [1.807, 2.05) is 0 Å². The zero-order valence-electron chi connectivity index (χ0n) is 17.1. The Morgan fingerprint density at radius 1 is 0.966 bits per heavy atom. The topological polar surface area (TPSA) is 99.2 Å². The van der Waals surface area contributed by atoms with E-state index in [-0.39, 0.29) is 44.6 Å². The molecule has 1 atom stereocenters. The van der Waals surface area contributed by atoms with Crippen LogP contribution in [0.15, 0.2) is 24.3 Å². The van der Waals surface area contributed by atoms with Crippen LogP contribution in [0.25, 0.3) is 0 Å². The highest BCUT2D eigenvalue weighted by Gasteiger charge is 2.42. The van der Waals surface area contributed by atoms with Gasteiger partial charge in [-0.15, -0.1) is 0 Å². The Morgan fingerprint density at radius 2 is 1.52 bits per heavy atom. The summed E-state index contributed by atoms with van der Waals surface area (Å²) < 4.78 is 28.8. The summed E-state index contributed by atoms with van der Waals surface area (Å²) in [5, 5.41) is 0. The first kappa shape index (κ1) is 23.3. The Kier molecular flexibility index (Phi) is 8.56. The third-order valence-corrected chi connectivity index (χ3v) is 7.01. The van der Waals surface area contributed by atoms with E-state index < -0.39 is 19.2 Å². The lowest BCUT2D eigenvalue weighted by Gasteiger charge is -2.25. The molecule has 0 bridgehead atoms. The lowest BCUT2D eigenvalue weighted by molar-refractivity contribution is -0.143. The summed E-state index contributed by atoms with van der Waals surface area (Å²) in [5.41, 5.74) is -0.234. The molecule has 0 spiro atoms. The fourth-order valence-electron chi connectivity index (χ4n) is 3.27. The van der Waals surface area contributed by atoms with Crippen LogP contribution in [0.2, 0.25) is 0 Å². The van der Waals surface area contributed by atoms with Crippen LogP contribution < -0.4 is 0 Å². The van der Waals surface area contributed by atoms with Crippen LogP contribution in [0.3, 0.4) is 0 Å². The van der Waals surface area contributed by atoms with Crippen molar-refractivity contribution in [3.63, 3.8) is 0 Å². The third-order valence-electron chi connectivity index (χ3n) is 4.55. The molecule has 29 heavy (non-hydrogen) atoms. The van der Waals surface area contributed by atoms with E-state index in [1.54, 1.807) is 45.0 Å². The van der Waals surface area contributed by atoms with Gasteiger partial charge >= 0.3 is 13.6 Å². The number of fused-ring (bicyclic) bond motifs is 1. The van der Waals surface area contributed by atoms with E-state index >= 15 is 0 Å². The van der Waals surface area contributed by atoms with E-state index in [0.29, 0.717) is 24.0 Å². The van der Waals surface area contributed by atoms with Gasteiger partial charge in [-0.2, -0.15) is 0 Å². The number of nitrogens with zero attached hydrogens (tertiary/aromatic N) is 1. The minimum Gasteiger partial charge on any atom is -0.465 e. The number of hydrogen-bond acceptors (Lipinski definition) is 7. The van der Waals surface area contributed by atoms with Gasteiger partial charge in [0.2, 0.25) is 0 Å². The number of rotatable bonds is 12. The van der Waals surface area contributed by atoms with Gasteiger partial charge in [0.1, 0.15) is 0 Å². The largest absolute Gasteiger partial charge is 0.465 e. The molecule has 0 N–H and O–H groups in total. The van der Waals surface area contributed by atoms with E-state index in [4.69, 9.17) is 13.8 Å². The van der Waals surface area contributed by atoms with Crippen LogP contribution in [-0.4, -0.2) is 54.7 Å². The number of hydrogen-bond donors (Lipinski definition) is 0. The van der Waals surface area contributed by atoms with E-state index in [0.717, 1.165) is 0 Å². The molecule has 1 unspecified atom stereocenters. The summed E-state index contributed by atoms with van der Waals surface area (Å²) in [6.07, 6.45) is 1.11. The predicted molar refractivity (Wildman–Crippen MR) is 107 cm³/mol. The van der Waals surface area contributed by atoms with Gasteiger partial charge in [-0.05, 0) is 45.7 Å². The molecule has 1 aliphatic heterocycles. The number of imide groups is 1. The zero-order valence-corrected chi connectivity index (χ0v) is 18.0. The number of esters is 1. The maximum Gasteiger partial charge on any atom is 0.344 e.